The molecule has 0 radical (unpaired) electrons. The summed E-state index contributed by atoms with van der Waals surface area (Å²) in [4.78, 5) is 0. The lowest BCUT2D eigenvalue weighted by Crippen LogP contribution is -2.14. The number of alkyl halides is 1. The monoisotopic (exact) mass is 248 g/mol. The van der Waals surface area contributed by atoms with Crippen LogP contribution in [0.4, 0.5) is 0 Å². The zero-order valence-electron chi connectivity index (χ0n) is 9.53. The molecule has 0 aliphatic heterocycles. The third kappa shape index (κ3) is 8.80. The Morgan fingerprint density at radius 3 is 2.00 bits per heavy atom. The van der Waals surface area contributed by atoms with Crippen molar-refractivity contribution < 1.29 is 0 Å². The van der Waals surface area contributed by atoms with Gasteiger partial charge in [-0.2, -0.15) is 0 Å². The quantitative estimate of drug-likeness (QED) is 0.404. The van der Waals surface area contributed by atoms with Crippen LogP contribution in [0, 0.1) is 0 Å². The van der Waals surface area contributed by atoms with E-state index in [-0.39, 0.29) is 0 Å². The lowest BCUT2D eigenvalue weighted by Gasteiger charge is -2.21. The van der Waals surface area contributed by atoms with Gasteiger partial charge in [-0.25, -0.2) is 0 Å². The molecular weight excluding hydrogens is 224 g/mol. The SMILES string of the molecule is CCCCCCCC(C)(Br)CCC. The molecule has 0 aromatic carbocycles. The number of unbranched alkanes of at least 4 members (excludes halogenated alkanes) is 4. The van der Waals surface area contributed by atoms with E-state index in [0.717, 1.165) is 0 Å². The standard InChI is InChI=1S/C12H25Br/c1-4-6-7-8-9-11-12(3,13)10-5-2/h4-11H2,1-3H3. The Kier molecular flexibility index (Phi) is 8.13. The van der Waals surface area contributed by atoms with E-state index in [1.807, 2.05) is 0 Å². The maximum Gasteiger partial charge on any atom is 0.0229 e. The van der Waals surface area contributed by atoms with E-state index in [0.29, 0.717) is 4.32 Å². The van der Waals surface area contributed by atoms with Crippen molar-refractivity contribution in [3.05, 3.63) is 0 Å². The van der Waals surface area contributed by atoms with E-state index in [1.165, 1.54) is 51.4 Å². The molecule has 1 heteroatoms. The van der Waals surface area contributed by atoms with Gasteiger partial charge in [-0.05, 0) is 19.8 Å². The van der Waals surface area contributed by atoms with Crippen LogP contribution < -0.4 is 0 Å². The molecule has 1 atom stereocenters. The Labute approximate surface area is 92.6 Å². The molecule has 0 spiro atoms. The van der Waals surface area contributed by atoms with Crippen molar-refractivity contribution in [2.75, 3.05) is 0 Å². The lowest BCUT2D eigenvalue weighted by molar-refractivity contribution is 0.500. The topological polar surface area (TPSA) is 0 Å². The fourth-order valence-electron chi connectivity index (χ4n) is 1.74. The maximum absolute atomic E-state index is 3.81. The van der Waals surface area contributed by atoms with Gasteiger partial charge in [-0.15, -0.1) is 0 Å². The number of halogens is 1. The summed E-state index contributed by atoms with van der Waals surface area (Å²) >= 11 is 3.81. The molecule has 0 nitrogen and oxygen atoms in total. The van der Waals surface area contributed by atoms with Crippen molar-refractivity contribution >= 4 is 15.9 Å². The number of hydrogen-bond donors (Lipinski definition) is 0. The average molecular weight is 249 g/mol. The molecule has 1 unspecified atom stereocenters. The van der Waals surface area contributed by atoms with Gasteiger partial charge in [-0.1, -0.05) is 68.3 Å². The highest BCUT2D eigenvalue weighted by Gasteiger charge is 2.17. The second-order valence-corrected chi connectivity index (χ2v) is 6.24. The van der Waals surface area contributed by atoms with Crippen molar-refractivity contribution in [1.29, 1.82) is 0 Å². The Morgan fingerprint density at radius 2 is 1.46 bits per heavy atom. The second kappa shape index (κ2) is 7.84. The van der Waals surface area contributed by atoms with E-state index >= 15 is 0 Å². The Balaban J connectivity index is 3.29. The molecule has 0 bridgehead atoms. The van der Waals surface area contributed by atoms with E-state index in [1.54, 1.807) is 0 Å². The lowest BCUT2D eigenvalue weighted by atomic mass is 9.98. The van der Waals surface area contributed by atoms with Crippen molar-refractivity contribution in [3.63, 3.8) is 0 Å². The molecule has 0 heterocycles. The molecule has 80 valence electrons. The Bertz CT molecular complexity index is 108. The third-order valence-corrected chi connectivity index (χ3v) is 3.37. The van der Waals surface area contributed by atoms with Gasteiger partial charge in [0.05, 0.1) is 0 Å². The van der Waals surface area contributed by atoms with Gasteiger partial charge >= 0.3 is 0 Å². The van der Waals surface area contributed by atoms with Gasteiger partial charge in [0.2, 0.25) is 0 Å². The van der Waals surface area contributed by atoms with Crippen molar-refractivity contribution in [2.24, 2.45) is 0 Å². The highest BCUT2D eigenvalue weighted by molar-refractivity contribution is 9.10. The molecule has 0 saturated carbocycles. The molecule has 0 saturated heterocycles. The van der Waals surface area contributed by atoms with Crippen molar-refractivity contribution in [3.8, 4) is 0 Å². The highest BCUT2D eigenvalue weighted by atomic mass is 79.9. The predicted octanol–water partition coefficient (Wildman–Crippen LogP) is 5.30. The van der Waals surface area contributed by atoms with Gasteiger partial charge in [0, 0.05) is 4.32 Å². The summed E-state index contributed by atoms with van der Waals surface area (Å²) in [6, 6.07) is 0. The fraction of sp³-hybridized carbons (Fsp3) is 1.00. The molecular formula is C12H25Br. The molecule has 0 amide bonds. The number of rotatable bonds is 8. The molecule has 0 rings (SSSR count). The maximum atomic E-state index is 3.81. The molecule has 0 fully saturated rings. The first-order chi connectivity index (χ1) is 6.12. The van der Waals surface area contributed by atoms with Crippen LogP contribution in [0.15, 0.2) is 0 Å². The summed E-state index contributed by atoms with van der Waals surface area (Å²) in [5.41, 5.74) is 0. The molecule has 0 aliphatic rings. The normalized spacial score (nSPS) is 15.7. The van der Waals surface area contributed by atoms with E-state index in [9.17, 15) is 0 Å². The first kappa shape index (κ1) is 13.5. The van der Waals surface area contributed by atoms with Gasteiger partial charge in [0.1, 0.15) is 0 Å². The highest BCUT2D eigenvalue weighted by Crippen LogP contribution is 2.29. The molecule has 0 aliphatic carbocycles. The zero-order chi connectivity index (χ0) is 10.2. The molecule has 0 N–H and O–H groups in total. The van der Waals surface area contributed by atoms with E-state index in [4.69, 9.17) is 0 Å². The second-order valence-electron chi connectivity index (χ2n) is 4.33. The van der Waals surface area contributed by atoms with Crippen LogP contribution in [0.25, 0.3) is 0 Å². The Hall–Kier alpha value is 0.480. The summed E-state index contributed by atoms with van der Waals surface area (Å²) < 4.78 is 0.411. The van der Waals surface area contributed by atoms with Gasteiger partial charge in [0.25, 0.3) is 0 Å². The van der Waals surface area contributed by atoms with Crippen LogP contribution in [0.5, 0.6) is 0 Å². The number of hydrogen-bond acceptors (Lipinski definition) is 0. The van der Waals surface area contributed by atoms with Crippen molar-refractivity contribution in [1.82, 2.24) is 0 Å². The Morgan fingerprint density at radius 1 is 0.846 bits per heavy atom. The van der Waals surface area contributed by atoms with Crippen molar-refractivity contribution in [2.45, 2.75) is 76.5 Å². The third-order valence-electron chi connectivity index (χ3n) is 2.57. The zero-order valence-corrected chi connectivity index (χ0v) is 11.1. The summed E-state index contributed by atoms with van der Waals surface area (Å²) in [5, 5.41) is 0. The molecule has 13 heavy (non-hydrogen) atoms. The summed E-state index contributed by atoms with van der Waals surface area (Å²) in [5.74, 6) is 0. The molecule has 0 aromatic heterocycles. The van der Waals surface area contributed by atoms with Crippen LogP contribution >= 0.6 is 15.9 Å². The summed E-state index contributed by atoms with van der Waals surface area (Å²) in [6.07, 6.45) is 10.9. The minimum absolute atomic E-state index is 0.411. The van der Waals surface area contributed by atoms with E-state index < -0.39 is 0 Å². The van der Waals surface area contributed by atoms with Gasteiger partial charge in [0.15, 0.2) is 0 Å². The van der Waals surface area contributed by atoms with Crippen LogP contribution in [-0.2, 0) is 0 Å². The summed E-state index contributed by atoms with van der Waals surface area (Å²) in [6.45, 7) is 6.86. The van der Waals surface area contributed by atoms with E-state index in [2.05, 4.69) is 36.7 Å². The smallest absolute Gasteiger partial charge is 0.0229 e. The predicted molar refractivity (Wildman–Crippen MR) is 65.6 cm³/mol. The fourth-order valence-corrected chi connectivity index (χ4v) is 2.42. The summed E-state index contributed by atoms with van der Waals surface area (Å²) in [7, 11) is 0. The van der Waals surface area contributed by atoms with Gasteiger partial charge < -0.3 is 0 Å². The largest absolute Gasteiger partial charge is 0.0856 e. The van der Waals surface area contributed by atoms with Crippen LogP contribution in [0.3, 0.4) is 0 Å². The van der Waals surface area contributed by atoms with Crippen LogP contribution in [0.2, 0.25) is 0 Å². The minimum atomic E-state index is 0.411. The average Bonchev–Trinajstić information content (AvgIpc) is 2.04. The molecule has 0 aromatic rings. The van der Waals surface area contributed by atoms with Gasteiger partial charge in [-0.3, -0.25) is 0 Å². The van der Waals surface area contributed by atoms with Crippen LogP contribution in [-0.4, -0.2) is 4.32 Å². The first-order valence-corrected chi connectivity index (χ1v) is 6.60. The minimum Gasteiger partial charge on any atom is -0.0856 e. The van der Waals surface area contributed by atoms with Crippen LogP contribution in [0.1, 0.15) is 72.1 Å². The first-order valence-electron chi connectivity index (χ1n) is 5.81.